The molecule has 1 fully saturated rings. The third kappa shape index (κ3) is 4.37. The van der Waals surface area contributed by atoms with Crippen LogP contribution < -0.4 is 5.32 Å². The summed E-state index contributed by atoms with van der Waals surface area (Å²) in [6, 6.07) is 8.94. The highest BCUT2D eigenvalue weighted by atomic mass is 19.1. The summed E-state index contributed by atoms with van der Waals surface area (Å²) in [4.78, 5) is 4.80. The largest absolute Gasteiger partial charge is 0.364 e. The molecule has 2 aromatic rings. The van der Waals surface area contributed by atoms with E-state index in [0.717, 1.165) is 44.0 Å². The van der Waals surface area contributed by atoms with Gasteiger partial charge in [0.25, 0.3) is 0 Å². The molecule has 1 N–H and O–H groups in total. The molecule has 1 unspecified atom stereocenters. The second-order valence-electron chi connectivity index (χ2n) is 6.03. The Morgan fingerprint density at radius 3 is 2.57 bits per heavy atom. The van der Waals surface area contributed by atoms with E-state index in [9.17, 15) is 4.39 Å². The number of benzene rings is 1. The van der Waals surface area contributed by atoms with Gasteiger partial charge >= 0.3 is 0 Å². The van der Waals surface area contributed by atoms with Gasteiger partial charge in [0.15, 0.2) is 0 Å². The zero-order chi connectivity index (χ0) is 16.1. The second kappa shape index (κ2) is 7.68. The van der Waals surface area contributed by atoms with E-state index >= 15 is 0 Å². The normalized spacial score (nSPS) is 18.2. The molecular formula is C17H23FN4O. The van der Waals surface area contributed by atoms with Gasteiger partial charge in [-0.3, -0.25) is 4.90 Å². The van der Waals surface area contributed by atoms with E-state index < -0.39 is 0 Å². The van der Waals surface area contributed by atoms with Crippen LogP contribution in [0.4, 0.5) is 4.39 Å². The summed E-state index contributed by atoms with van der Waals surface area (Å²) in [5.74, 6) is -0.193. The molecule has 1 aliphatic rings. The van der Waals surface area contributed by atoms with Crippen molar-refractivity contribution in [2.24, 2.45) is 0 Å². The van der Waals surface area contributed by atoms with Gasteiger partial charge < -0.3 is 14.7 Å². The number of nitrogens with zero attached hydrogens (tertiary/aromatic N) is 3. The van der Waals surface area contributed by atoms with Crippen molar-refractivity contribution in [3.63, 3.8) is 0 Å². The molecule has 0 bridgehead atoms. The summed E-state index contributed by atoms with van der Waals surface area (Å²) in [7, 11) is 2.15. The van der Waals surface area contributed by atoms with Crippen LogP contribution >= 0.6 is 0 Å². The van der Waals surface area contributed by atoms with Gasteiger partial charge in [-0.2, -0.15) is 0 Å². The van der Waals surface area contributed by atoms with Gasteiger partial charge in [-0.15, -0.1) is 0 Å². The van der Waals surface area contributed by atoms with Crippen LogP contribution in [0.25, 0.3) is 0 Å². The number of aromatic nitrogens is 1. The standard InChI is InChI=1S/C17H23FN4O/c1-21-7-9-22(10-8-21)17(14-2-4-15(18)5-3-14)13-19-12-16-6-11-23-20-16/h2-6,11,17,19H,7-10,12-13H2,1H3. The molecule has 1 aromatic carbocycles. The van der Waals surface area contributed by atoms with Crippen molar-refractivity contribution in [3.05, 3.63) is 53.7 Å². The van der Waals surface area contributed by atoms with E-state index in [4.69, 9.17) is 4.52 Å². The van der Waals surface area contributed by atoms with Gasteiger partial charge in [-0.25, -0.2) is 4.39 Å². The minimum Gasteiger partial charge on any atom is -0.364 e. The fourth-order valence-electron chi connectivity index (χ4n) is 2.94. The monoisotopic (exact) mass is 318 g/mol. The number of rotatable bonds is 6. The summed E-state index contributed by atoms with van der Waals surface area (Å²) >= 11 is 0. The Balaban J connectivity index is 1.66. The second-order valence-corrected chi connectivity index (χ2v) is 6.03. The topological polar surface area (TPSA) is 44.5 Å². The SMILES string of the molecule is CN1CCN(C(CNCc2ccon2)c2ccc(F)cc2)CC1. The Labute approximate surface area is 136 Å². The molecule has 5 nitrogen and oxygen atoms in total. The van der Waals surface area contributed by atoms with E-state index in [1.54, 1.807) is 6.26 Å². The lowest BCUT2D eigenvalue weighted by atomic mass is 10.0. The molecule has 124 valence electrons. The molecule has 1 atom stereocenters. The van der Waals surface area contributed by atoms with Crippen molar-refractivity contribution in [1.29, 1.82) is 0 Å². The Morgan fingerprint density at radius 2 is 1.91 bits per heavy atom. The summed E-state index contributed by atoms with van der Waals surface area (Å²) < 4.78 is 18.1. The van der Waals surface area contributed by atoms with E-state index in [1.807, 2.05) is 18.2 Å². The van der Waals surface area contributed by atoms with E-state index in [2.05, 4.69) is 27.3 Å². The molecule has 1 saturated heterocycles. The number of nitrogens with one attached hydrogen (secondary N) is 1. The van der Waals surface area contributed by atoms with Crippen LogP contribution in [-0.2, 0) is 6.54 Å². The lowest BCUT2D eigenvalue weighted by Crippen LogP contribution is -2.48. The minimum atomic E-state index is -0.193. The number of likely N-dealkylation sites (N-methyl/N-ethyl adjacent to an activating group) is 1. The minimum absolute atomic E-state index is 0.193. The zero-order valence-electron chi connectivity index (χ0n) is 13.4. The van der Waals surface area contributed by atoms with Gasteiger partial charge in [0.1, 0.15) is 12.1 Å². The van der Waals surface area contributed by atoms with Crippen molar-refractivity contribution in [2.45, 2.75) is 12.6 Å². The van der Waals surface area contributed by atoms with Gasteiger partial charge in [-0.05, 0) is 24.7 Å². The first-order chi connectivity index (χ1) is 11.2. The molecule has 0 aliphatic carbocycles. The van der Waals surface area contributed by atoms with Crippen LogP contribution in [-0.4, -0.2) is 54.7 Å². The van der Waals surface area contributed by atoms with Gasteiger partial charge in [0.2, 0.25) is 0 Å². The van der Waals surface area contributed by atoms with Crippen LogP contribution in [0.15, 0.2) is 41.1 Å². The van der Waals surface area contributed by atoms with Crippen molar-refractivity contribution in [1.82, 2.24) is 20.3 Å². The molecule has 0 saturated carbocycles. The van der Waals surface area contributed by atoms with Crippen LogP contribution in [0, 0.1) is 5.82 Å². The number of halogens is 1. The molecule has 0 amide bonds. The molecule has 23 heavy (non-hydrogen) atoms. The van der Waals surface area contributed by atoms with E-state index in [0.29, 0.717) is 6.54 Å². The average Bonchev–Trinajstić information content (AvgIpc) is 3.07. The summed E-state index contributed by atoms with van der Waals surface area (Å²) in [6.45, 7) is 5.61. The highest BCUT2D eigenvalue weighted by molar-refractivity contribution is 5.20. The molecule has 6 heteroatoms. The zero-order valence-corrected chi connectivity index (χ0v) is 13.4. The number of hydrogen-bond acceptors (Lipinski definition) is 5. The highest BCUT2D eigenvalue weighted by Crippen LogP contribution is 2.22. The third-order valence-electron chi connectivity index (χ3n) is 4.37. The first kappa shape index (κ1) is 16.1. The third-order valence-corrected chi connectivity index (χ3v) is 4.37. The molecule has 3 rings (SSSR count). The van der Waals surface area contributed by atoms with E-state index in [-0.39, 0.29) is 11.9 Å². The Bertz CT molecular complexity index is 579. The van der Waals surface area contributed by atoms with E-state index in [1.165, 1.54) is 12.1 Å². The maximum absolute atomic E-state index is 13.2. The average molecular weight is 318 g/mol. The summed E-state index contributed by atoms with van der Waals surface area (Å²) in [6.07, 6.45) is 1.58. The van der Waals surface area contributed by atoms with Crippen LogP contribution in [0.1, 0.15) is 17.3 Å². The van der Waals surface area contributed by atoms with Crippen LogP contribution in [0.3, 0.4) is 0 Å². The molecule has 0 spiro atoms. The molecular weight excluding hydrogens is 295 g/mol. The van der Waals surface area contributed by atoms with Gasteiger partial charge in [0.05, 0.1) is 5.69 Å². The Hall–Kier alpha value is -1.76. The molecule has 2 heterocycles. The number of hydrogen-bond donors (Lipinski definition) is 1. The smallest absolute Gasteiger partial charge is 0.124 e. The Morgan fingerprint density at radius 1 is 1.17 bits per heavy atom. The summed E-state index contributed by atoms with van der Waals surface area (Å²) in [5.41, 5.74) is 2.03. The maximum atomic E-state index is 13.2. The quantitative estimate of drug-likeness (QED) is 0.881. The van der Waals surface area contributed by atoms with Gasteiger partial charge in [-0.1, -0.05) is 17.3 Å². The van der Waals surface area contributed by atoms with Crippen molar-refractivity contribution >= 4 is 0 Å². The summed E-state index contributed by atoms with van der Waals surface area (Å²) in [5, 5.41) is 7.35. The fraction of sp³-hybridized carbons (Fsp3) is 0.471. The first-order valence-electron chi connectivity index (χ1n) is 8.00. The molecule has 1 aromatic heterocycles. The maximum Gasteiger partial charge on any atom is 0.124 e. The van der Waals surface area contributed by atoms with Gasteiger partial charge in [0, 0.05) is 51.4 Å². The van der Waals surface area contributed by atoms with Crippen molar-refractivity contribution < 1.29 is 8.91 Å². The Kier molecular flexibility index (Phi) is 5.38. The lowest BCUT2D eigenvalue weighted by Gasteiger charge is -2.38. The van der Waals surface area contributed by atoms with Crippen molar-refractivity contribution in [3.8, 4) is 0 Å². The predicted octanol–water partition coefficient (Wildman–Crippen LogP) is 1.89. The number of piperazine rings is 1. The van der Waals surface area contributed by atoms with Crippen LogP contribution in [0.2, 0.25) is 0 Å². The van der Waals surface area contributed by atoms with Crippen LogP contribution in [0.5, 0.6) is 0 Å². The fourth-order valence-corrected chi connectivity index (χ4v) is 2.94. The van der Waals surface area contributed by atoms with Crippen molar-refractivity contribution in [2.75, 3.05) is 39.8 Å². The molecule has 1 aliphatic heterocycles. The lowest BCUT2D eigenvalue weighted by molar-refractivity contribution is 0.110. The highest BCUT2D eigenvalue weighted by Gasteiger charge is 2.23. The predicted molar refractivity (Wildman–Crippen MR) is 86.4 cm³/mol. The molecule has 0 radical (unpaired) electrons. The first-order valence-corrected chi connectivity index (χ1v) is 8.00.